The first kappa shape index (κ1) is 15.6. The summed E-state index contributed by atoms with van der Waals surface area (Å²) >= 11 is 0. The largest absolute Gasteiger partial charge is 0.493 e. The van der Waals surface area contributed by atoms with E-state index < -0.39 is 0 Å². The molecule has 2 saturated heterocycles. The molecule has 2 heterocycles. The van der Waals surface area contributed by atoms with Gasteiger partial charge in [0.1, 0.15) is 6.10 Å². The van der Waals surface area contributed by atoms with Gasteiger partial charge in [0.15, 0.2) is 11.5 Å². The summed E-state index contributed by atoms with van der Waals surface area (Å²) in [5, 5.41) is 3.50. The van der Waals surface area contributed by atoms with E-state index in [0.717, 1.165) is 50.5 Å². The number of ether oxygens (including phenoxy) is 2. The number of hydrogen-bond donors (Lipinski definition) is 1. The molecule has 1 aromatic rings. The second kappa shape index (κ2) is 7.34. The minimum absolute atomic E-state index is 0.308. The van der Waals surface area contributed by atoms with Gasteiger partial charge in [0.2, 0.25) is 0 Å². The van der Waals surface area contributed by atoms with E-state index in [1.807, 2.05) is 6.07 Å². The normalized spacial score (nSPS) is 24.2. The molecule has 1 N–H and O–H groups in total. The molecule has 2 aliphatic rings. The Morgan fingerprint density at radius 1 is 1.18 bits per heavy atom. The molecule has 2 aliphatic heterocycles. The van der Waals surface area contributed by atoms with Crippen LogP contribution in [0.15, 0.2) is 18.2 Å². The van der Waals surface area contributed by atoms with E-state index in [4.69, 9.17) is 9.47 Å². The smallest absolute Gasteiger partial charge is 0.165 e. The van der Waals surface area contributed by atoms with Gasteiger partial charge in [0, 0.05) is 31.1 Å². The second-order valence-corrected chi connectivity index (χ2v) is 6.54. The van der Waals surface area contributed by atoms with Crippen LogP contribution in [0.25, 0.3) is 0 Å². The van der Waals surface area contributed by atoms with E-state index in [0.29, 0.717) is 12.0 Å². The minimum atomic E-state index is 0.308. The molecular weight excluding hydrogens is 276 g/mol. The lowest BCUT2D eigenvalue weighted by molar-refractivity contribution is 0.109. The van der Waals surface area contributed by atoms with E-state index in [2.05, 4.69) is 29.4 Å². The SMILES string of the molecule is COc1cccc(C2CCCNC2)c1OC1CCN(C)CC1. The zero-order valence-electron chi connectivity index (χ0n) is 13.8. The maximum atomic E-state index is 6.43. The van der Waals surface area contributed by atoms with Crippen molar-refractivity contribution in [3.05, 3.63) is 23.8 Å². The zero-order chi connectivity index (χ0) is 15.4. The summed E-state index contributed by atoms with van der Waals surface area (Å²) in [6.45, 7) is 4.39. The van der Waals surface area contributed by atoms with Gasteiger partial charge in [-0.05, 0) is 45.3 Å². The summed E-state index contributed by atoms with van der Waals surface area (Å²) in [4.78, 5) is 2.37. The number of nitrogens with one attached hydrogen (secondary N) is 1. The van der Waals surface area contributed by atoms with Gasteiger partial charge < -0.3 is 19.7 Å². The summed E-state index contributed by atoms with van der Waals surface area (Å²) in [7, 11) is 3.91. The monoisotopic (exact) mass is 304 g/mol. The summed E-state index contributed by atoms with van der Waals surface area (Å²) in [5.74, 6) is 2.39. The predicted molar refractivity (Wildman–Crippen MR) is 89.0 cm³/mol. The fourth-order valence-electron chi connectivity index (χ4n) is 3.53. The molecule has 1 atom stereocenters. The van der Waals surface area contributed by atoms with Crippen LogP contribution in [-0.2, 0) is 0 Å². The van der Waals surface area contributed by atoms with Crippen molar-refractivity contribution in [1.82, 2.24) is 10.2 Å². The predicted octanol–water partition coefficient (Wildman–Crippen LogP) is 2.64. The van der Waals surface area contributed by atoms with Crippen molar-refractivity contribution in [1.29, 1.82) is 0 Å². The Hall–Kier alpha value is -1.26. The van der Waals surface area contributed by atoms with Crippen LogP contribution in [0.2, 0.25) is 0 Å². The Kier molecular flexibility index (Phi) is 5.21. The zero-order valence-corrected chi connectivity index (χ0v) is 13.8. The lowest BCUT2D eigenvalue weighted by atomic mass is 9.90. The van der Waals surface area contributed by atoms with Crippen molar-refractivity contribution < 1.29 is 9.47 Å². The van der Waals surface area contributed by atoms with Crippen LogP contribution in [0.5, 0.6) is 11.5 Å². The van der Waals surface area contributed by atoms with Crippen LogP contribution >= 0.6 is 0 Å². The molecule has 22 heavy (non-hydrogen) atoms. The first-order valence-electron chi connectivity index (χ1n) is 8.50. The highest BCUT2D eigenvalue weighted by molar-refractivity contribution is 5.48. The van der Waals surface area contributed by atoms with Gasteiger partial charge in [0.25, 0.3) is 0 Å². The van der Waals surface area contributed by atoms with Crippen LogP contribution < -0.4 is 14.8 Å². The number of rotatable bonds is 4. The minimum Gasteiger partial charge on any atom is -0.493 e. The number of piperidine rings is 2. The number of likely N-dealkylation sites (tertiary alicyclic amines) is 1. The van der Waals surface area contributed by atoms with Gasteiger partial charge in [-0.3, -0.25) is 0 Å². The molecule has 1 unspecified atom stereocenters. The quantitative estimate of drug-likeness (QED) is 0.927. The van der Waals surface area contributed by atoms with Crippen LogP contribution in [-0.4, -0.2) is 51.3 Å². The lowest BCUT2D eigenvalue weighted by Gasteiger charge is -2.32. The number of nitrogens with zero attached hydrogens (tertiary/aromatic N) is 1. The highest BCUT2D eigenvalue weighted by Gasteiger charge is 2.25. The number of para-hydroxylation sites is 1. The molecule has 0 bridgehead atoms. The Morgan fingerprint density at radius 2 is 2.00 bits per heavy atom. The van der Waals surface area contributed by atoms with Gasteiger partial charge in [-0.2, -0.15) is 0 Å². The molecule has 0 spiro atoms. The van der Waals surface area contributed by atoms with Crippen molar-refractivity contribution in [3.8, 4) is 11.5 Å². The molecule has 1 aromatic carbocycles. The van der Waals surface area contributed by atoms with Crippen molar-refractivity contribution >= 4 is 0 Å². The molecule has 4 heteroatoms. The van der Waals surface area contributed by atoms with E-state index in [1.165, 1.54) is 18.4 Å². The van der Waals surface area contributed by atoms with Crippen LogP contribution in [0.4, 0.5) is 0 Å². The van der Waals surface area contributed by atoms with Gasteiger partial charge >= 0.3 is 0 Å². The number of benzene rings is 1. The number of hydrogen-bond acceptors (Lipinski definition) is 4. The van der Waals surface area contributed by atoms with Crippen LogP contribution in [0.1, 0.15) is 37.2 Å². The molecule has 4 nitrogen and oxygen atoms in total. The van der Waals surface area contributed by atoms with Crippen molar-refractivity contribution in [2.75, 3.05) is 40.3 Å². The Balaban J connectivity index is 1.80. The first-order valence-corrected chi connectivity index (χ1v) is 8.50. The standard InChI is InChI=1S/C18H28N2O2/c1-20-11-8-15(9-12-20)22-18-16(6-3-7-17(18)21-2)14-5-4-10-19-13-14/h3,6-7,14-15,19H,4-5,8-13H2,1-2H3. The van der Waals surface area contributed by atoms with E-state index in [9.17, 15) is 0 Å². The molecule has 0 saturated carbocycles. The van der Waals surface area contributed by atoms with Crippen molar-refractivity contribution in [3.63, 3.8) is 0 Å². The maximum Gasteiger partial charge on any atom is 0.165 e. The summed E-state index contributed by atoms with van der Waals surface area (Å²) < 4.78 is 12.0. The molecule has 122 valence electrons. The first-order chi connectivity index (χ1) is 10.8. The fraction of sp³-hybridized carbons (Fsp3) is 0.667. The van der Waals surface area contributed by atoms with Gasteiger partial charge in [0.05, 0.1) is 7.11 Å². The Bertz CT molecular complexity index is 478. The Labute approximate surface area is 133 Å². The molecule has 0 aliphatic carbocycles. The average Bonchev–Trinajstić information content (AvgIpc) is 2.58. The molecule has 3 rings (SSSR count). The molecular formula is C18H28N2O2. The van der Waals surface area contributed by atoms with E-state index in [1.54, 1.807) is 7.11 Å². The lowest BCUT2D eigenvalue weighted by Crippen LogP contribution is -2.36. The summed E-state index contributed by atoms with van der Waals surface area (Å²) in [6, 6.07) is 6.32. The summed E-state index contributed by atoms with van der Waals surface area (Å²) in [5.41, 5.74) is 1.31. The van der Waals surface area contributed by atoms with Crippen LogP contribution in [0.3, 0.4) is 0 Å². The van der Waals surface area contributed by atoms with Crippen molar-refractivity contribution in [2.45, 2.75) is 37.7 Å². The number of methoxy groups -OCH3 is 1. The van der Waals surface area contributed by atoms with Gasteiger partial charge in [-0.15, -0.1) is 0 Å². The Morgan fingerprint density at radius 3 is 2.68 bits per heavy atom. The average molecular weight is 304 g/mol. The van der Waals surface area contributed by atoms with E-state index >= 15 is 0 Å². The van der Waals surface area contributed by atoms with Gasteiger partial charge in [-0.25, -0.2) is 0 Å². The summed E-state index contributed by atoms with van der Waals surface area (Å²) in [6.07, 6.45) is 4.95. The third-order valence-electron chi connectivity index (χ3n) is 4.92. The third kappa shape index (κ3) is 3.55. The topological polar surface area (TPSA) is 33.7 Å². The molecule has 0 radical (unpaired) electrons. The van der Waals surface area contributed by atoms with Crippen LogP contribution in [0, 0.1) is 0 Å². The van der Waals surface area contributed by atoms with Crippen molar-refractivity contribution in [2.24, 2.45) is 0 Å². The van der Waals surface area contributed by atoms with Gasteiger partial charge in [-0.1, -0.05) is 12.1 Å². The molecule has 2 fully saturated rings. The molecule has 0 aromatic heterocycles. The third-order valence-corrected chi connectivity index (χ3v) is 4.92. The fourth-order valence-corrected chi connectivity index (χ4v) is 3.53. The maximum absolute atomic E-state index is 6.43. The highest BCUT2D eigenvalue weighted by Crippen LogP contribution is 2.39. The second-order valence-electron chi connectivity index (χ2n) is 6.54. The van der Waals surface area contributed by atoms with E-state index in [-0.39, 0.29) is 0 Å². The molecule has 0 amide bonds. The highest BCUT2D eigenvalue weighted by atomic mass is 16.5.